The number of halogens is 2. The number of hydrogen-bond donors (Lipinski definition) is 1. The number of rotatable bonds is 1. The molecule has 2 nitrogen and oxygen atoms in total. The Morgan fingerprint density at radius 3 is 1.92 bits per heavy atom. The van der Waals surface area contributed by atoms with Gasteiger partial charge in [0.05, 0.1) is 0 Å². The molecule has 0 heterocycles. The summed E-state index contributed by atoms with van der Waals surface area (Å²) in [6.45, 7) is 0. The molecule has 1 amide bonds. The van der Waals surface area contributed by atoms with E-state index in [1.165, 1.54) is 0 Å². The number of carbonyl (C=O) groups excluding carboxylic acids is 1. The Bertz CT molecular complexity index is 283. The minimum absolute atomic E-state index is 0. The van der Waals surface area contributed by atoms with Gasteiger partial charge in [0, 0.05) is 8.41 Å². The average Bonchev–Trinajstić information content (AvgIpc) is 1.85. The first-order valence-corrected chi connectivity index (χ1v) is 2.86. The summed E-state index contributed by atoms with van der Waals surface area (Å²) in [5, 5.41) is 0. The van der Waals surface area contributed by atoms with E-state index < -0.39 is 23.1 Å². The molecule has 61 valence electrons. The van der Waals surface area contributed by atoms with Crippen molar-refractivity contribution in [2.75, 3.05) is 0 Å². The number of hydrogen-bond acceptors (Lipinski definition) is 1. The molecule has 0 spiro atoms. The van der Waals surface area contributed by atoms with Crippen LogP contribution in [0.2, 0.25) is 0 Å². The second-order valence-electron chi connectivity index (χ2n) is 1.96. The van der Waals surface area contributed by atoms with E-state index in [4.69, 9.17) is 5.73 Å². The normalized spacial score (nSPS) is 8.83. The van der Waals surface area contributed by atoms with E-state index in [0.717, 1.165) is 18.2 Å². The smallest absolute Gasteiger partial charge is 0.254 e. The van der Waals surface area contributed by atoms with Gasteiger partial charge >= 0.3 is 0 Å². The van der Waals surface area contributed by atoms with Crippen LogP contribution in [0, 0.1) is 11.6 Å². The zero-order valence-electron chi connectivity index (χ0n) is 6.05. The molecule has 0 saturated carbocycles. The van der Waals surface area contributed by atoms with Crippen molar-refractivity contribution < 1.29 is 13.6 Å². The van der Waals surface area contributed by atoms with Gasteiger partial charge in [0.2, 0.25) is 0 Å². The highest BCUT2D eigenvalue weighted by molar-refractivity contribution is 5.93. The van der Waals surface area contributed by atoms with Crippen LogP contribution >= 0.6 is 0 Å². The van der Waals surface area contributed by atoms with Crippen LogP contribution in [-0.4, -0.2) is 14.3 Å². The third kappa shape index (κ3) is 1.81. The fourth-order valence-corrected chi connectivity index (χ4v) is 0.733. The van der Waals surface area contributed by atoms with Gasteiger partial charge in [-0.25, -0.2) is 8.78 Å². The highest BCUT2D eigenvalue weighted by atomic mass is 19.1. The van der Waals surface area contributed by atoms with E-state index in [1.807, 2.05) is 0 Å². The Morgan fingerprint density at radius 2 is 1.67 bits per heavy atom. The Hall–Kier alpha value is -1.39. The molecule has 0 atom stereocenters. The first kappa shape index (κ1) is 10.6. The maximum atomic E-state index is 12.6. The quantitative estimate of drug-likeness (QED) is 0.615. The van der Waals surface area contributed by atoms with Crippen LogP contribution < -0.4 is 5.73 Å². The van der Waals surface area contributed by atoms with E-state index in [2.05, 4.69) is 0 Å². The summed E-state index contributed by atoms with van der Waals surface area (Å²) in [6, 6.07) is 3.11. The molecule has 2 N–H and O–H groups in total. The zero-order valence-corrected chi connectivity index (χ0v) is 6.05. The van der Waals surface area contributed by atoms with E-state index in [-0.39, 0.29) is 8.41 Å². The fraction of sp³-hybridized carbons (Fsp3) is 0. The first-order chi connectivity index (χ1) is 5.13. The largest absolute Gasteiger partial charge is 0.365 e. The van der Waals surface area contributed by atoms with Crippen LogP contribution in [0.5, 0.6) is 0 Å². The second kappa shape index (κ2) is 3.85. The number of primary amides is 1. The molecule has 3 radical (unpaired) electrons. The summed E-state index contributed by atoms with van der Waals surface area (Å²) in [4.78, 5) is 10.4. The van der Waals surface area contributed by atoms with Crippen molar-refractivity contribution in [3.63, 3.8) is 0 Å². The van der Waals surface area contributed by atoms with Crippen LogP contribution in [0.3, 0.4) is 0 Å². The molecular formula is C7H5BF2NO. The van der Waals surface area contributed by atoms with Crippen LogP contribution in [0.15, 0.2) is 18.2 Å². The number of amides is 1. The predicted molar refractivity (Wildman–Crippen MR) is 40.6 cm³/mol. The molecule has 1 aromatic rings. The molecule has 0 aliphatic carbocycles. The molecule has 0 saturated heterocycles. The lowest BCUT2D eigenvalue weighted by atomic mass is 10.2. The molecule has 12 heavy (non-hydrogen) atoms. The number of benzene rings is 1. The minimum Gasteiger partial charge on any atom is -0.365 e. The van der Waals surface area contributed by atoms with Crippen LogP contribution in [0.4, 0.5) is 8.78 Å². The van der Waals surface area contributed by atoms with Crippen molar-refractivity contribution in [3.8, 4) is 0 Å². The molecule has 0 fully saturated rings. The van der Waals surface area contributed by atoms with E-state index in [9.17, 15) is 13.6 Å². The summed E-state index contributed by atoms with van der Waals surface area (Å²) in [5.41, 5.74) is 4.01. The summed E-state index contributed by atoms with van der Waals surface area (Å²) >= 11 is 0. The van der Waals surface area contributed by atoms with E-state index >= 15 is 0 Å². The SMILES string of the molecule is NC(=O)c1c(F)cccc1F.[B]. The lowest BCUT2D eigenvalue weighted by molar-refractivity contribution is 0.0992. The maximum Gasteiger partial charge on any atom is 0.254 e. The topological polar surface area (TPSA) is 43.1 Å². The predicted octanol–water partition coefficient (Wildman–Crippen LogP) is 0.683. The third-order valence-corrected chi connectivity index (χ3v) is 1.21. The van der Waals surface area contributed by atoms with E-state index in [1.54, 1.807) is 0 Å². The van der Waals surface area contributed by atoms with Crippen molar-refractivity contribution in [2.24, 2.45) is 5.73 Å². The molecule has 0 aliphatic heterocycles. The van der Waals surface area contributed by atoms with Gasteiger partial charge in [0.25, 0.3) is 5.91 Å². The van der Waals surface area contributed by atoms with Gasteiger partial charge in [-0.05, 0) is 12.1 Å². The maximum absolute atomic E-state index is 12.6. The second-order valence-corrected chi connectivity index (χ2v) is 1.96. The van der Waals surface area contributed by atoms with E-state index in [0.29, 0.717) is 0 Å². The standard InChI is InChI=1S/C7H5F2NO.B/c8-4-2-1-3-5(9)6(4)7(10)11;/h1-3H,(H2,10,11);. The van der Waals surface area contributed by atoms with Gasteiger partial charge in [-0.2, -0.15) is 0 Å². The van der Waals surface area contributed by atoms with Crippen molar-refractivity contribution in [1.82, 2.24) is 0 Å². The molecule has 1 rings (SSSR count). The van der Waals surface area contributed by atoms with Crippen molar-refractivity contribution in [2.45, 2.75) is 0 Å². The Balaban J connectivity index is 0.00000121. The lowest BCUT2D eigenvalue weighted by Gasteiger charge is -1.97. The van der Waals surface area contributed by atoms with Crippen LogP contribution in [0.25, 0.3) is 0 Å². The van der Waals surface area contributed by atoms with Crippen molar-refractivity contribution >= 4 is 14.3 Å². The van der Waals surface area contributed by atoms with Crippen molar-refractivity contribution in [1.29, 1.82) is 0 Å². The minimum atomic E-state index is -1.10. The van der Waals surface area contributed by atoms with Gasteiger partial charge in [-0.3, -0.25) is 4.79 Å². The van der Waals surface area contributed by atoms with Gasteiger partial charge in [-0.15, -0.1) is 0 Å². The number of nitrogens with two attached hydrogens (primary N) is 1. The molecular weight excluding hydrogens is 163 g/mol. The van der Waals surface area contributed by atoms with Gasteiger partial charge in [0.15, 0.2) is 0 Å². The van der Waals surface area contributed by atoms with Crippen LogP contribution in [-0.2, 0) is 0 Å². The first-order valence-electron chi connectivity index (χ1n) is 2.86. The number of carbonyl (C=O) groups is 1. The molecule has 1 aromatic carbocycles. The molecule has 0 bridgehead atoms. The molecule has 5 heteroatoms. The summed E-state index contributed by atoms with van der Waals surface area (Å²) < 4.78 is 25.1. The van der Waals surface area contributed by atoms with Crippen molar-refractivity contribution in [3.05, 3.63) is 35.4 Å². The van der Waals surface area contributed by atoms with Crippen LogP contribution in [0.1, 0.15) is 10.4 Å². The Kier molecular flexibility index (Phi) is 3.41. The summed E-state index contributed by atoms with van der Waals surface area (Å²) in [7, 11) is 0. The Morgan fingerprint density at radius 1 is 1.25 bits per heavy atom. The average molecular weight is 168 g/mol. The molecule has 0 unspecified atom stereocenters. The lowest BCUT2D eigenvalue weighted by Crippen LogP contribution is -2.15. The highest BCUT2D eigenvalue weighted by Gasteiger charge is 2.12. The van der Waals surface area contributed by atoms with Gasteiger partial charge in [-0.1, -0.05) is 6.07 Å². The highest BCUT2D eigenvalue weighted by Crippen LogP contribution is 2.10. The summed E-state index contributed by atoms with van der Waals surface area (Å²) in [5.74, 6) is -2.96. The molecule has 0 aliphatic rings. The zero-order chi connectivity index (χ0) is 8.43. The Labute approximate surface area is 70.0 Å². The fourth-order valence-electron chi connectivity index (χ4n) is 0.733. The monoisotopic (exact) mass is 168 g/mol. The third-order valence-electron chi connectivity index (χ3n) is 1.21. The van der Waals surface area contributed by atoms with Gasteiger partial charge in [0.1, 0.15) is 17.2 Å². The van der Waals surface area contributed by atoms with Gasteiger partial charge < -0.3 is 5.73 Å². The summed E-state index contributed by atoms with van der Waals surface area (Å²) in [6.07, 6.45) is 0. The molecule has 0 aromatic heterocycles.